The molecule has 0 saturated heterocycles. The van der Waals surface area contributed by atoms with Gasteiger partial charge in [-0.3, -0.25) is 4.79 Å². The van der Waals surface area contributed by atoms with E-state index in [1.165, 1.54) is 10.7 Å². The molecule has 1 heterocycles. The van der Waals surface area contributed by atoms with E-state index in [2.05, 4.69) is 29.2 Å². The van der Waals surface area contributed by atoms with Gasteiger partial charge in [-0.25, -0.2) is 0 Å². The maximum atomic E-state index is 12.7. The number of benzene rings is 1. The molecule has 8 heteroatoms. The molecule has 1 aromatic carbocycles. The number of nitro groups is 1. The fraction of sp³-hybridized carbons (Fsp3) is 0.444. The maximum absolute atomic E-state index is 12.7. The van der Waals surface area contributed by atoms with Gasteiger partial charge in [0.25, 0.3) is 5.91 Å². The summed E-state index contributed by atoms with van der Waals surface area (Å²) < 4.78 is 1.41. The molecule has 0 aliphatic carbocycles. The number of carbonyl (C=O) groups excluding carboxylic acids is 1. The van der Waals surface area contributed by atoms with E-state index in [0.717, 1.165) is 18.8 Å². The van der Waals surface area contributed by atoms with Gasteiger partial charge in [-0.15, -0.1) is 0 Å². The lowest BCUT2D eigenvalue weighted by molar-refractivity contribution is -0.389. The predicted molar refractivity (Wildman–Crippen MR) is 102 cm³/mol. The number of nitrogens with zero attached hydrogens (tertiary/aromatic N) is 4. The lowest BCUT2D eigenvalue weighted by Crippen LogP contribution is -2.27. The van der Waals surface area contributed by atoms with Gasteiger partial charge in [0.05, 0.1) is 16.9 Å². The Hall–Kier alpha value is -2.90. The predicted octanol–water partition coefficient (Wildman–Crippen LogP) is 3.54. The molecule has 0 saturated carbocycles. The summed E-state index contributed by atoms with van der Waals surface area (Å²) in [7, 11) is 0. The zero-order valence-corrected chi connectivity index (χ0v) is 15.6. The number of hydrogen-bond acceptors (Lipinski definition) is 5. The van der Waals surface area contributed by atoms with Crippen LogP contribution in [0.3, 0.4) is 0 Å². The normalized spacial score (nSPS) is 11.8. The van der Waals surface area contributed by atoms with Gasteiger partial charge in [0.1, 0.15) is 0 Å². The first-order valence-corrected chi connectivity index (χ1v) is 8.77. The number of aromatic nitrogens is 2. The Labute approximate surface area is 153 Å². The van der Waals surface area contributed by atoms with E-state index in [0.29, 0.717) is 17.8 Å². The molecule has 140 valence electrons. The first-order valence-electron chi connectivity index (χ1n) is 8.77. The van der Waals surface area contributed by atoms with E-state index in [1.807, 2.05) is 31.2 Å². The minimum absolute atomic E-state index is 0.246. The van der Waals surface area contributed by atoms with Crippen molar-refractivity contribution in [3.05, 3.63) is 46.1 Å². The fourth-order valence-electron chi connectivity index (χ4n) is 2.92. The zero-order chi connectivity index (χ0) is 19.3. The Morgan fingerprint density at radius 2 is 1.88 bits per heavy atom. The molecule has 0 spiro atoms. The molecule has 0 aliphatic rings. The Morgan fingerprint density at radius 3 is 2.35 bits per heavy atom. The molecule has 1 atom stereocenters. The average molecular weight is 359 g/mol. The molecule has 1 unspecified atom stereocenters. The summed E-state index contributed by atoms with van der Waals surface area (Å²) >= 11 is 0. The minimum Gasteiger partial charge on any atom is -0.372 e. The first-order chi connectivity index (χ1) is 12.4. The van der Waals surface area contributed by atoms with Crippen molar-refractivity contribution in [1.29, 1.82) is 0 Å². The number of aryl methyl sites for hydroxylation is 1. The zero-order valence-electron chi connectivity index (χ0n) is 15.6. The standard InChI is InChI=1S/C18H25N5O3/c1-5-16(22-13(4)12-17(20-22)23(25)26)18(24)19-14-8-10-15(11-9-14)21(6-2)7-3/h8-12,16H,5-7H2,1-4H3,(H,19,24). The summed E-state index contributed by atoms with van der Waals surface area (Å²) in [6, 6.07) is 8.41. The van der Waals surface area contributed by atoms with Crippen molar-refractivity contribution in [3.63, 3.8) is 0 Å². The topological polar surface area (TPSA) is 93.3 Å². The third kappa shape index (κ3) is 4.19. The summed E-state index contributed by atoms with van der Waals surface area (Å²) in [5.41, 5.74) is 2.36. The number of amides is 1. The van der Waals surface area contributed by atoms with Gasteiger partial charge in [0.15, 0.2) is 6.04 Å². The summed E-state index contributed by atoms with van der Waals surface area (Å²) in [5.74, 6) is -0.499. The van der Waals surface area contributed by atoms with Crippen molar-refractivity contribution in [3.8, 4) is 0 Å². The quantitative estimate of drug-likeness (QED) is 0.575. The van der Waals surface area contributed by atoms with E-state index in [4.69, 9.17) is 0 Å². The minimum atomic E-state index is -0.605. The van der Waals surface area contributed by atoms with Crippen LogP contribution < -0.4 is 10.2 Å². The van der Waals surface area contributed by atoms with Crippen molar-refractivity contribution >= 4 is 23.1 Å². The molecule has 1 aromatic heterocycles. The number of rotatable bonds is 8. The van der Waals surface area contributed by atoms with E-state index in [9.17, 15) is 14.9 Å². The van der Waals surface area contributed by atoms with Gasteiger partial charge in [0, 0.05) is 24.5 Å². The van der Waals surface area contributed by atoms with Crippen molar-refractivity contribution in [1.82, 2.24) is 9.78 Å². The fourth-order valence-corrected chi connectivity index (χ4v) is 2.92. The Morgan fingerprint density at radius 1 is 1.27 bits per heavy atom. The monoisotopic (exact) mass is 359 g/mol. The second kappa shape index (κ2) is 8.46. The Bertz CT molecular complexity index is 766. The SMILES string of the molecule is CCC(C(=O)Nc1ccc(N(CC)CC)cc1)n1nc([N+](=O)[O-])cc1C. The Balaban J connectivity index is 2.15. The van der Waals surface area contributed by atoms with Crippen LogP contribution in [-0.4, -0.2) is 33.7 Å². The van der Waals surface area contributed by atoms with E-state index in [-0.39, 0.29) is 11.7 Å². The van der Waals surface area contributed by atoms with Crippen LogP contribution in [0.2, 0.25) is 0 Å². The van der Waals surface area contributed by atoms with Crippen molar-refractivity contribution in [2.75, 3.05) is 23.3 Å². The van der Waals surface area contributed by atoms with Crippen LogP contribution in [0.5, 0.6) is 0 Å². The summed E-state index contributed by atoms with van der Waals surface area (Å²) in [6.45, 7) is 9.57. The van der Waals surface area contributed by atoms with Crippen molar-refractivity contribution < 1.29 is 9.72 Å². The van der Waals surface area contributed by atoms with Crippen LogP contribution in [0.4, 0.5) is 17.2 Å². The van der Waals surface area contributed by atoms with E-state index >= 15 is 0 Å². The molecule has 0 radical (unpaired) electrons. The second-order valence-electron chi connectivity index (χ2n) is 5.98. The number of nitrogens with one attached hydrogen (secondary N) is 1. The van der Waals surface area contributed by atoms with Crippen LogP contribution in [-0.2, 0) is 4.79 Å². The molecular formula is C18H25N5O3. The van der Waals surface area contributed by atoms with Crippen LogP contribution in [0, 0.1) is 17.0 Å². The highest BCUT2D eigenvalue weighted by Crippen LogP contribution is 2.22. The van der Waals surface area contributed by atoms with Crippen molar-refractivity contribution in [2.24, 2.45) is 0 Å². The molecular weight excluding hydrogens is 334 g/mol. The van der Waals surface area contributed by atoms with Gasteiger partial charge < -0.3 is 20.3 Å². The molecule has 8 nitrogen and oxygen atoms in total. The molecule has 1 N–H and O–H groups in total. The third-order valence-corrected chi connectivity index (χ3v) is 4.34. The van der Waals surface area contributed by atoms with Crippen LogP contribution >= 0.6 is 0 Å². The van der Waals surface area contributed by atoms with Crippen LogP contribution in [0.15, 0.2) is 30.3 Å². The lowest BCUT2D eigenvalue weighted by Gasteiger charge is -2.21. The molecule has 26 heavy (non-hydrogen) atoms. The van der Waals surface area contributed by atoms with Crippen LogP contribution in [0.25, 0.3) is 0 Å². The molecule has 1 amide bonds. The van der Waals surface area contributed by atoms with E-state index in [1.54, 1.807) is 6.92 Å². The number of hydrogen-bond donors (Lipinski definition) is 1. The van der Waals surface area contributed by atoms with Gasteiger partial charge >= 0.3 is 5.82 Å². The molecule has 2 rings (SSSR count). The summed E-state index contributed by atoms with van der Waals surface area (Å²) in [5, 5.41) is 17.7. The number of anilines is 2. The second-order valence-corrected chi connectivity index (χ2v) is 5.98. The number of carbonyl (C=O) groups is 1. The summed E-state index contributed by atoms with van der Waals surface area (Å²) in [4.78, 5) is 25.2. The van der Waals surface area contributed by atoms with Crippen molar-refractivity contribution in [2.45, 2.75) is 40.2 Å². The average Bonchev–Trinajstić information content (AvgIpc) is 3.00. The highest BCUT2D eigenvalue weighted by Gasteiger charge is 2.27. The maximum Gasteiger partial charge on any atom is 0.390 e. The molecule has 2 aromatic rings. The molecule has 0 aliphatic heterocycles. The van der Waals surface area contributed by atoms with Gasteiger partial charge in [-0.2, -0.15) is 4.68 Å². The Kier molecular flexibility index (Phi) is 6.32. The third-order valence-electron chi connectivity index (χ3n) is 4.34. The summed E-state index contributed by atoms with van der Waals surface area (Å²) in [6.07, 6.45) is 0.475. The highest BCUT2D eigenvalue weighted by molar-refractivity contribution is 5.93. The molecule has 0 fully saturated rings. The largest absolute Gasteiger partial charge is 0.390 e. The highest BCUT2D eigenvalue weighted by atomic mass is 16.6. The van der Waals surface area contributed by atoms with E-state index < -0.39 is 11.0 Å². The molecule has 0 bridgehead atoms. The van der Waals surface area contributed by atoms with Crippen LogP contribution in [0.1, 0.15) is 38.9 Å². The van der Waals surface area contributed by atoms with Gasteiger partial charge in [-0.05, 0) is 56.4 Å². The lowest BCUT2D eigenvalue weighted by atomic mass is 10.2. The first kappa shape index (κ1) is 19.4. The smallest absolute Gasteiger partial charge is 0.372 e. The van der Waals surface area contributed by atoms with Gasteiger partial charge in [-0.1, -0.05) is 6.92 Å². The van der Waals surface area contributed by atoms with Gasteiger partial charge in [0.2, 0.25) is 0 Å².